The van der Waals surface area contributed by atoms with Crippen LogP contribution < -0.4 is 11.0 Å². The zero-order chi connectivity index (χ0) is 13.8. The van der Waals surface area contributed by atoms with Gasteiger partial charge in [0.2, 0.25) is 0 Å². The first kappa shape index (κ1) is 13.8. The second-order valence-corrected chi connectivity index (χ2v) is 5.17. The van der Waals surface area contributed by atoms with Gasteiger partial charge in [-0.2, -0.15) is 0 Å². The minimum Gasteiger partial charge on any atom is -0.310 e. The van der Waals surface area contributed by atoms with E-state index in [4.69, 9.17) is 0 Å². The fourth-order valence-electron chi connectivity index (χ4n) is 1.65. The van der Waals surface area contributed by atoms with Crippen LogP contribution in [0.4, 0.5) is 0 Å². The molecule has 0 aliphatic carbocycles. The summed E-state index contributed by atoms with van der Waals surface area (Å²) in [5.74, 6) is 0. The van der Waals surface area contributed by atoms with Crippen LogP contribution in [0.2, 0.25) is 0 Å². The molecule has 2 heterocycles. The molecule has 0 spiro atoms. The average molecular weight is 279 g/mol. The zero-order valence-corrected chi connectivity index (χ0v) is 12.0. The molecule has 0 saturated carbocycles. The fourth-order valence-corrected chi connectivity index (χ4v) is 2.39. The number of hydrogen-bond donors (Lipinski definition) is 2. The molecule has 0 bridgehead atoms. The third-order valence-corrected chi connectivity index (χ3v) is 3.80. The predicted octanol–water partition coefficient (Wildman–Crippen LogP) is 1.33. The van der Waals surface area contributed by atoms with E-state index in [2.05, 4.69) is 34.3 Å². The molecule has 2 aromatic heterocycles. The number of nitrogens with one attached hydrogen (secondary N) is 2. The van der Waals surface area contributed by atoms with Crippen molar-refractivity contribution in [3.05, 3.63) is 34.4 Å². The van der Waals surface area contributed by atoms with Gasteiger partial charge in [0.05, 0.1) is 0 Å². The van der Waals surface area contributed by atoms with Crippen LogP contribution in [0.25, 0.3) is 0 Å². The zero-order valence-electron chi connectivity index (χ0n) is 11.2. The molecular formula is C12H17N5OS. The van der Waals surface area contributed by atoms with Gasteiger partial charge in [0.15, 0.2) is 5.16 Å². The Morgan fingerprint density at radius 3 is 2.84 bits per heavy atom. The van der Waals surface area contributed by atoms with Gasteiger partial charge in [0, 0.05) is 19.3 Å². The minimum atomic E-state index is -0.222. The maximum Gasteiger partial charge on any atom is 0.343 e. The molecule has 1 unspecified atom stereocenters. The van der Waals surface area contributed by atoms with Crippen molar-refractivity contribution in [3.63, 3.8) is 0 Å². The first-order chi connectivity index (χ1) is 9.11. The molecular weight excluding hydrogens is 262 g/mol. The van der Waals surface area contributed by atoms with Crippen molar-refractivity contribution in [3.8, 4) is 0 Å². The van der Waals surface area contributed by atoms with E-state index in [1.165, 1.54) is 16.3 Å². The largest absolute Gasteiger partial charge is 0.343 e. The number of H-pyrrole nitrogens is 1. The monoisotopic (exact) mass is 279 g/mol. The number of aromatic amines is 1. The van der Waals surface area contributed by atoms with E-state index < -0.39 is 0 Å². The first-order valence-electron chi connectivity index (χ1n) is 6.10. The smallest absolute Gasteiger partial charge is 0.310 e. The van der Waals surface area contributed by atoms with Crippen molar-refractivity contribution < 1.29 is 0 Å². The Morgan fingerprint density at radius 2 is 2.32 bits per heavy atom. The highest BCUT2D eigenvalue weighted by molar-refractivity contribution is 7.99. The van der Waals surface area contributed by atoms with Crippen LogP contribution in [0.1, 0.15) is 25.5 Å². The molecule has 2 N–H and O–H groups in total. The summed E-state index contributed by atoms with van der Waals surface area (Å²) in [4.78, 5) is 15.6. The van der Waals surface area contributed by atoms with Crippen molar-refractivity contribution >= 4 is 11.8 Å². The topological polar surface area (TPSA) is 75.6 Å². The molecule has 0 aliphatic heterocycles. The summed E-state index contributed by atoms with van der Waals surface area (Å²) in [6.07, 6.45) is 1.85. The first-order valence-corrected chi connectivity index (χ1v) is 6.92. The lowest BCUT2D eigenvalue weighted by atomic mass is 10.1. The predicted molar refractivity (Wildman–Crippen MR) is 74.3 cm³/mol. The number of pyridine rings is 1. The molecule has 102 valence electrons. The summed E-state index contributed by atoms with van der Waals surface area (Å²) in [6.45, 7) is 5.10. The van der Waals surface area contributed by atoms with Crippen molar-refractivity contribution in [1.29, 1.82) is 0 Å². The summed E-state index contributed by atoms with van der Waals surface area (Å²) in [6, 6.07) is 4.26. The fraction of sp³-hybridized carbons (Fsp3) is 0.417. The normalized spacial score (nSPS) is 12.6. The van der Waals surface area contributed by atoms with Crippen molar-refractivity contribution in [2.45, 2.75) is 30.1 Å². The molecule has 0 radical (unpaired) electrons. The Balaban J connectivity index is 2.11. The van der Waals surface area contributed by atoms with Gasteiger partial charge in [-0.25, -0.2) is 14.9 Å². The molecule has 0 aliphatic rings. The van der Waals surface area contributed by atoms with Crippen LogP contribution in [-0.4, -0.2) is 26.3 Å². The van der Waals surface area contributed by atoms with Crippen LogP contribution in [0.3, 0.4) is 0 Å². The van der Waals surface area contributed by atoms with Gasteiger partial charge >= 0.3 is 5.69 Å². The van der Waals surface area contributed by atoms with Crippen LogP contribution in [-0.2, 0) is 7.05 Å². The third kappa shape index (κ3) is 3.24. The van der Waals surface area contributed by atoms with Crippen LogP contribution in [0.15, 0.2) is 33.3 Å². The van der Waals surface area contributed by atoms with Crippen LogP contribution in [0.5, 0.6) is 0 Å². The van der Waals surface area contributed by atoms with E-state index in [1.54, 1.807) is 7.05 Å². The minimum absolute atomic E-state index is 0.222. The van der Waals surface area contributed by atoms with Gasteiger partial charge in [-0.3, -0.25) is 4.57 Å². The number of nitrogens with zero attached hydrogens (tertiary/aromatic N) is 3. The lowest BCUT2D eigenvalue weighted by Crippen LogP contribution is -2.17. The summed E-state index contributed by atoms with van der Waals surface area (Å²) in [5, 5.41) is 11.1. The molecule has 0 saturated heterocycles. The molecule has 2 aromatic rings. The number of rotatable bonds is 5. The highest BCUT2D eigenvalue weighted by Gasteiger charge is 2.08. The Hall–Kier alpha value is -1.60. The van der Waals surface area contributed by atoms with Crippen molar-refractivity contribution in [2.24, 2.45) is 7.05 Å². The van der Waals surface area contributed by atoms with Gasteiger partial charge in [-0.1, -0.05) is 13.0 Å². The standard InChI is InChI=1S/C12H17N5OS/c1-4-13-8(2)9-5-6-10(14-7-9)19-12-16-15-11(18)17(12)3/h5-8,13H,4H2,1-3H3,(H,15,18). The molecule has 1 atom stereocenters. The van der Waals surface area contributed by atoms with Gasteiger partial charge in [0.25, 0.3) is 0 Å². The summed E-state index contributed by atoms with van der Waals surface area (Å²) in [5.41, 5.74) is 0.919. The van der Waals surface area contributed by atoms with Crippen LogP contribution >= 0.6 is 11.8 Å². The quantitative estimate of drug-likeness (QED) is 0.863. The van der Waals surface area contributed by atoms with E-state index in [0.29, 0.717) is 5.16 Å². The number of aromatic nitrogens is 4. The van der Waals surface area contributed by atoms with Gasteiger partial charge in [-0.15, -0.1) is 5.10 Å². The van der Waals surface area contributed by atoms with Crippen LogP contribution in [0, 0.1) is 0 Å². The second kappa shape index (κ2) is 6.03. The SMILES string of the molecule is CCNC(C)c1ccc(Sc2n[nH]c(=O)n2C)nc1. The Labute approximate surface area is 115 Å². The Kier molecular flexibility index (Phi) is 4.39. The highest BCUT2D eigenvalue weighted by atomic mass is 32.2. The average Bonchev–Trinajstić information content (AvgIpc) is 2.72. The molecule has 19 heavy (non-hydrogen) atoms. The maximum atomic E-state index is 11.2. The second-order valence-electron chi connectivity index (χ2n) is 4.18. The lowest BCUT2D eigenvalue weighted by molar-refractivity contribution is 0.595. The third-order valence-electron chi connectivity index (χ3n) is 2.80. The van der Waals surface area contributed by atoms with Gasteiger partial charge in [0.1, 0.15) is 5.03 Å². The maximum absolute atomic E-state index is 11.2. The summed E-state index contributed by atoms with van der Waals surface area (Å²) in [7, 11) is 1.68. The molecule has 6 nitrogen and oxygen atoms in total. The highest BCUT2D eigenvalue weighted by Crippen LogP contribution is 2.23. The van der Waals surface area contributed by atoms with Gasteiger partial charge < -0.3 is 5.32 Å². The Morgan fingerprint density at radius 1 is 1.53 bits per heavy atom. The molecule has 0 amide bonds. The molecule has 0 fully saturated rings. The Bertz CT molecular complexity index is 589. The van der Waals surface area contributed by atoms with E-state index >= 15 is 0 Å². The van der Waals surface area contributed by atoms with Gasteiger partial charge in [-0.05, 0) is 36.9 Å². The van der Waals surface area contributed by atoms with E-state index in [9.17, 15) is 4.79 Å². The number of hydrogen-bond acceptors (Lipinski definition) is 5. The van der Waals surface area contributed by atoms with Crippen molar-refractivity contribution in [2.75, 3.05) is 6.54 Å². The molecule has 0 aromatic carbocycles. The molecule has 2 rings (SSSR count). The lowest BCUT2D eigenvalue weighted by Gasteiger charge is -2.12. The molecule has 7 heteroatoms. The van der Waals surface area contributed by atoms with E-state index in [1.807, 2.05) is 18.3 Å². The van der Waals surface area contributed by atoms with E-state index in [0.717, 1.165) is 17.1 Å². The van der Waals surface area contributed by atoms with E-state index in [-0.39, 0.29) is 11.7 Å². The summed E-state index contributed by atoms with van der Waals surface area (Å²) < 4.78 is 1.46. The van der Waals surface area contributed by atoms with Crippen molar-refractivity contribution in [1.82, 2.24) is 25.1 Å². The summed E-state index contributed by atoms with van der Waals surface area (Å²) >= 11 is 1.36.